The molecular formula is C23H31NO3Si. The number of aromatic nitrogens is 1. The number of nitrogens with one attached hydrogen (secondary N) is 1. The molecule has 28 heavy (non-hydrogen) atoms. The van der Waals surface area contributed by atoms with Gasteiger partial charge in [0.25, 0.3) is 8.32 Å². The Bertz CT molecular complexity index is 982. The van der Waals surface area contributed by atoms with Crippen LogP contribution in [0, 0.1) is 0 Å². The smallest absolute Gasteiger partial charge is 0.258 e. The fourth-order valence-corrected chi connectivity index (χ4v) is 10.1. The van der Waals surface area contributed by atoms with Gasteiger partial charge >= 0.3 is 0 Å². The van der Waals surface area contributed by atoms with Crippen LogP contribution in [0.2, 0.25) is 16.6 Å². The molecule has 0 aliphatic rings. The number of H-pyrrole nitrogens is 1. The van der Waals surface area contributed by atoms with E-state index in [-0.39, 0.29) is 0 Å². The van der Waals surface area contributed by atoms with Crippen LogP contribution in [-0.2, 0) is 0 Å². The van der Waals surface area contributed by atoms with Crippen LogP contribution in [0.3, 0.4) is 0 Å². The molecule has 0 saturated carbocycles. The summed E-state index contributed by atoms with van der Waals surface area (Å²) in [6, 6.07) is 10.0. The van der Waals surface area contributed by atoms with Gasteiger partial charge in [-0.25, -0.2) is 0 Å². The zero-order valence-corrected chi connectivity index (χ0v) is 18.9. The van der Waals surface area contributed by atoms with E-state index < -0.39 is 8.32 Å². The molecule has 4 nitrogen and oxygen atoms in total. The molecule has 0 atom stereocenters. The highest BCUT2D eigenvalue weighted by Crippen LogP contribution is 2.43. The Hall–Kier alpha value is -2.27. The third kappa shape index (κ3) is 3.22. The summed E-state index contributed by atoms with van der Waals surface area (Å²) in [6.45, 7) is 13.8. The molecule has 3 rings (SSSR count). The second kappa shape index (κ2) is 7.63. The lowest BCUT2D eigenvalue weighted by Gasteiger charge is -2.42. The molecule has 0 aliphatic carbocycles. The Morgan fingerprint density at radius 3 is 2.04 bits per heavy atom. The summed E-state index contributed by atoms with van der Waals surface area (Å²) in [6.07, 6.45) is 0.836. The number of methoxy groups -OCH3 is 1. The summed E-state index contributed by atoms with van der Waals surface area (Å²) < 4.78 is 12.2. The van der Waals surface area contributed by atoms with Crippen molar-refractivity contribution < 1.29 is 14.0 Å². The molecule has 0 saturated heterocycles. The third-order valence-electron chi connectivity index (χ3n) is 6.05. The van der Waals surface area contributed by atoms with Crippen molar-refractivity contribution in [3.05, 3.63) is 35.9 Å². The molecule has 0 radical (unpaired) electrons. The number of hydrogen-bond donors (Lipinski definition) is 1. The first kappa shape index (κ1) is 20.5. The third-order valence-corrected chi connectivity index (χ3v) is 12.1. The highest BCUT2D eigenvalue weighted by Gasteiger charge is 2.47. The van der Waals surface area contributed by atoms with Crippen LogP contribution in [0.1, 0.15) is 51.9 Å². The number of hydrogen-bond acceptors (Lipinski definition) is 3. The normalized spacial score (nSPS) is 12.5. The number of ether oxygens (including phenoxy) is 1. The molecule has 150 valence electrons. The predicted octanol–water partition coefficient (Wildman–Crippen LogP) is 6.70. The number of aromatic amines is 1. The van der Waals surface area contributed by atoms with E-state index in [1.807, 2.05) is 12.1 Å². The van der Waals surface area contributed by atoms with Crippen molar-refractivity contribution in [3.8, 4) is 11.5 Å². The van der Waals surface area contributed by atoms with E-state index in [0.29, 0.717) is 27.9 Å². The van der Waals surface area contributed by atoms with Gasteiger partial charge in [0.1, 0.15) is 11.5 Å². The van der Waals surface area contributed by atoms with E-state index in [2.05, 4.69) is 64.7 Å². The van der Waals surface area contributed by atoms with Crippen LogP contribution in [-0.4, -0.2) is 26.7 Å². The standard InChI is InChI=1S/C23H31NO3Si/c1-14(2)28(15(3)4,16(5)6)27-18-8-9-19-20-10-17(13-25)23(26-7)12-22(20)24-21(19)11-18/h8-16,24H,1-7H3. The largest absolute Gasteiger partial charge is 0.543 e. The average Bonchev–Trinajstić information content (AvgIpc) is 3.00. The molecule has 0 bridgehead atoms. The van der Waals surface area contributed by atoms with Crippen molar-refractivity contribution in [2.24, 2.45) is 0 Å². The van der Waals surface area contributed by atoms with Crippen LogP contribution in [0.5, 0.6) is 11.5 Å². The van der Waals surface area contributed by atoms with Crippen molar-refractivity contribution in [2.75, 3.05) is 7.11 Å². The van der Waals surface area contributed by atoms with Gasteiger partial charge < -0.3 is 14.1 Å². The van der Waals surface area contributed by atoms with Gasteiger partial charge in [0, 0.05) is 22.9 Å². The zero-order chi connectivity index (χ0) is 20.6. The number of carbonyl (C=O) groups excluding carboxylic acids is 1. The summed E-state index contributed by atoms with van der Waals surface area (Å²) in [7, 11) is -0.424. The molecule has 2 aromatic carbocycles. The van der Waals surface area contributed by atoms with Crippen LogP contribution < -0.4 is 9.16 Å². The molecule has 0 aliphatic heterocycles. The van der Waals surface area contributed by atoms with E-state index >= 15 is 0 Å². The first-order valence-electron chi connectivity index (χ1n) is 10.0. The highest BCUT2D eigenvalue weighted by molar-refractivity contribution is 6.78. The topological polar surface area (TPSA) is 51.3 Å². The van der Waals surface area contributed by atoms with Gasteiger partial charge in [-0.05, 0) is 34.8 Å². The van der Waals surface area contributed by atoms with Crippen molar-refractivity contribution in [2.45, 2.75) is 58.2 Å². The second-order valence-electron chi connectivity index (χ2n) is 8.51. The Labute approximate surface area is 168 Å². The van der Waals surface area contributed by atoms with Crippen molar-refractivity contribution >= 4 is 36.4 Å². The molecule has 0 fully saturated rings. The van der Waals surface area contributed by atoms with Gasteiger partial charge in [0.05, 0.1) is 23.7 Å². The lowest BCUT2D eigenvalue weighted by Crippen LogP contribution is -2.50. The van der Waals surface area contributed by atoms with Crippen molar-refractivity contribution in [3.63, 3.8) is 0 Å². The predicted molar refractivity (Wildman–Crippen MR) is 119 cm³/mol. The molecule has 0 spiro atoms. The minimum atomic E-state index is -2.00. The number of benzene rings is 2. The van der Waals surface area contributed by atoms with E-state index in [1.165, 1.54) is 0 Å². The SMILES string of the molecule is COc1cc2[nH]c3cc(O[Si](C(C)C)(C(C)C)C(C)C)ccc3c2cc1C=O. The highest BCUT2D eigenvalue weighted by atomic mass is 28.4. The van der Waals surface area contributed by atoms with E-state index in [9.17, 15) is 4.79 Å². The maximum atomic E-state index is 11.4. The fourth-order valence-electron chi connectivity index (χ4n) is 4.82. The molecule has 0 unspecified atom stereocenters. The molecule has 5 heteroatoms. The number of carbonyl (C=O) groups is 1. The first-order valence-corrected chi connectivity index (χ1v) is 12.2. The van der Waals surface area contributed by atoms with Gasteiger partial charge in [-0.2, -0.15) is 0 Å². The lowest BCUT2D eigenvalue weighted by molar-refractivity contribution is 0.112. The molecule has 1 N–H and O–H groups in total. The Morgan fingerprint density at radius 2 is 1.50 bits per heavy atom. The van der Waals surface area contributed by atoms with Crippen molar-refractivity contribution in [1.29, 1.82) is 0 Å². The van der Waals surface area contributed by atoms with E-state index in [0.717, 1.165) is 33.8 Å². The van der Waals surface area contributed by atoms with Crippen LogP contribution in [0.15, 0.2) is 30.3 Å². The van der Waals surface area contributed by atoms with Crippen LogP contribution in [0.25, 0.3) is 21.8 Å². The summed E-state index contributed by atoms with van der Waals surface area (Å²) in [4.78, 5) is 14.8. The minimum Gasteiger partial charge on any atom is -0.543 e. The van der Waals surface area contributed by atoms with E-state index in [4.69, 9.17) is 9.16 Å². The Balaban J connectivity index is 2.11. The first-order chi connectivity index (χ1) is 13.2. The minimum absolute atomic E-state index is 0.519. The zero-order valence-electron chi connectivity index (χ0n) is 17.9. The van der Waals surface area contributed by atoms with Gasteiger partial charge in [-0.15, -0.1) is 0 Å². The Morgan fingerprint density at radius 1 is 0.893 bits per heavy atom. The maximum Gasteiger partial charge on any atom is 0.258 e. The number of fused-ring (bicyclic) bond motifs is 3. The van der Waals surface area contributed by atoms with Crippen LogP contribution in [0.4, 0.5) is 0 Å². The van der Waals surface area contributed by atoms with E-state index in [1.54, 1.807) is 7.11 Å². The van der Waals surface area contributed by atoms with Crippen molar-refractivity contribution in [1.82, 2.24) is 4.98 Å². The summed E-state index contributed by atoms with van der Waals surface area (Å²) in [5.41, 5.74) is 4.08. The maximum absolute atomic E-state index is 11.4. The molecule has 1 aromatic heterocycles. The molecule has 0 amide bonds. The fraction of sp³-hybridized carbons (Fsp3) is 0.435. The van der Waals surface area contributed by atoms with Gasteiger partial charge in [0.15, 0.2) is 6.29 Å². The molecule has 1 heterocycles. The second-order valence-corrected chi connectivity index (χ2v) is 13.9. The average molecular weight is 398 g/mol. The molecule has 3 aromatic rings. The monoisotopic (exact) mass is 397 g/mol. The summed E-state index contributed by atoms with van der Waals surface area (Å²) in [5, 5.41) is 2.10. The summed E-state index contributed by atoms with van der Waals surface area (Å²) >= 11 is 0. The summed E-state index contributed by atoms with van der Waals surface area (Å²) in [5.74, 6) is 1.50. The van der Waals surface area contributed by atoms with Gasteiger partial charge in [0.2, 0.25) is 0 Å². The van der Waals surface area contributed by atoms with Gasteiger partial charge in [-0.3, -0.25) is 4.79 Å². The quantitative estimate of drug-likeness (QED) is 0.356. The number of aldehydes is 1. The Kier molecular flexibility index (Phi) is 5.57. The molecular weight excluding hydrogens is 366 g/mol. The van der Waals surface area contributed by atoms with Crippen LogP contribution >= 0.6 is 0 Å². The van der Waals surface area contributed by atoms with Gasteiger partial charge in [-0.1, -0.05) is 41.5 Å². The lowest BCUT2D eigenvalue weighted by atomic mass is 10.1. The number of rotatable bonds is 7.